The summed E-state index contributed by atoms with van der Waals surface area (Å²) in [5.41, 5.74) is 2.47. The number of thiazole rings is 1. The average molecular weight is 511 g/mol. The maximum absolute atomic E-state index is 13.0. The minimum atomic E-state index is -0.0616. The van der Waals surface area contributed by atoms with E-state index < -0.39 is 0 Å². The van der Waals surface area contributed by atoms with Crippen LogP contribution in [-0.4, -0.2) is 28.9 Å². The molecule has 0 saturated heterocycles. The van der Waals surface area contributed by atoms with Crippen LogP contribution in [0.4, 0.5) is 0 Å². The van der Waals surface area contributed by atoms with Gasteiger partial charge >= 0.3 is 0 Å². The van der Waals surface area contributed by atoms with E-state index in [-0.39, 0.29) is 5.56 Å². The lowest BCUT2D eigenvalue weighted by Gasteiger charge is -2.12. The van der Waals surface area contributed by atoms with Crippen LogP contribution >= 0.6 is 23.1 Å². The number of benzene rings is 4. The van der Waals surface area contributed by atoms with Gasteiger partial charge in [0, 0.05) is 10.6 Å². The van der Waals surface area contributed by atoms with Crippen LogP contribution in [0.25, 0.3) is 32.8 Å². The molecule has 2 aromatic heterocycles. The number of thioether (sulfide) groups is 1. The van der Waals surface area contributed by atoms with Gasteiger partial charge in [0.2, 0.25) is 0 Å². The monoisotopic (exact) mass is 510 g/mol. The van der Waals surface area contributed by atoms with E-state index in [0.29, 0.717) is 27.6 Å². The molecule has 0 saturated carbocycles. The number of methoxy groups -OCH3 is 1. The van der Waals surface area contributed by atoms with Crippen molar-refractivity contribution >= 4 is 55.9 Å². The van der Waals surface area contributed by atoms with Crippen molar-refractivity contribution in [3.05, 3.63) is 105 Å². The van der Waals surface area contributed by atoms with Crippen LogP contribution < -0.4 is 19.6 Å². The molecule has 6 aromatic rings. The molecule has 0 spiro atoms. The van der Waals surface area contributed by atoms with Crippen molar-refractivity contribution in [2.75, 3.05) is 19.5 Å². The van der Waals surface area contributed by atoms with E-state index in [4.69, 9.17) is 9.47 Å². The molecule has 0 radical (unpaired) electrons. The third-order valence-corrected chi connectivity index (χ3v) is 7.99. The molecule has 0 aliphatic carbocycles. The van der Waals surface area contributed by atoms with Crippen LogP contribution in [0.2, 0.25) is 0 Å². The lowest BCUT2D eigenvalue weighted by Crippen LogP contribution is -2.22. The number of aromatic nitrogens is 2. The fourth-order valence-electron chi connectivity index (χ4n) is 4.28. The smallest absolute Gasteiger partial charge is 0.274 e. The van der Waals surface area contributed by atoms with Crippen molar-refractivity contribution in [2.24, 2.45) is 0 Å². The molecule has 0 unspecified atom stereocenters. The highest BCUT2D eigenvalue weighted by Gasteiger charge is 2.11. The van der Waals surface area contributed by atoms with Crippen molar-refractivity contribution in [3.63, 3.8) is 0 Å². The van der Waals surface area contributed by atoms with Gasteiger partial charge in [-0.05, 0) is 52.7 Å². The quantitative estimate of drug-likeness (QED) is 0.201. The van der Waals surface area contributed by atoms with E-state index >= 15 is 0 Å². The molecule has 0 bridgehead atoms. The molecule has 5 nitrogen and oxygen atoms in total. The first kappa shape index (κ1) is 22.6. The van der Waals surface area contributed by atoms with E-state index in [2.05, 4.69) is 47.4 Å². The van der Waals surface area contributed by atoms with Crippen LogP contribution in [0.1, 0.15) is 5.56 Å². The molecule has 6 rings (SSSR count). The predicted molar refractivity (Wildman–Crippen MR) is 149 cm³/mol. The Morgan fingerprint density at radius 1 is 0.972 bits per heavy atom. The molecule has 0 N–H and O–H groups in total. The van der Waals surface area contributed by atoms with Gasteiger partial charge in [0.25, 0.3) is 5.56 Å². The predicted octanol–water partition coefficient (Wildman–Crippen LogP) is 5.79. The summed E-state index contributed by atoms with van der Waals surface area (Å²) in [5, 5.41) is 2.50. The summed E-state index contributed by atoms with van der Waals surface area (Å²) in [6.45, 7) is 0.549. The fraction of sp³-hybridized carbons (Fsp3) is 0.103. The van der Waals surface area contributed by atoms with Crippen LogP contribution in [0.15, 0.2) is 94.6 Å². The molecule has 2 heterocycles. The fourth-order valence-corrected chi connectivity index (χ4v) is 6.17. The highest BCUT2D eigenvalue weighted by Crippen LogP contribution is 2.30. The number of imidazole rings is 1. The van der Waals surface area contributed by atoms with E-state index in [1.165, 1.54) is 27.0 Å². The number of para-hydroxylation sites is 2. The number of ether oxygens (including phenoxy) is 2. The van der Waals surface area contributed by atoms with E-state index in [0.717, 1.165) is 22.3 Å². The lowest BCUT2D eigenvalue weighted by atomic mass is 10.1. The SMILES string of the molecule is COc1cc(/C=c2\sc3nc4ccccc4n3c2=O)ccc1OCCSc1cccc2ccccc12. The first-order chi connectivity index (χ1) is 17.7. The zero-order valence-electron chi connectivity index (χ0n) is 19.5. The third-order valence-electron chi connectivity index (χ3n) is 5.98. The highest BCUT2D eigenvalue weighted by molar-refractivity contribution is 7.99. The summed E-state index contributed by atoms with van der Waals surface area (Å²) in [4.78, 5) is 19.6. The lowest BCUT2D eigenvalue weighted by molar-refractivity contribution is 0.313. The Hall–Kier alpha value is -3.81. The Morgan fingerprint density at radius 3 is 2.72 bits per heavy atom. The molecule has 178 valence electrons. The summed E-state index contributed by atoms with van der Waals surface area (Å²) in [6.07, 6.45) is 1.87. The molecule has 0 amide bonds. The number of hydrogen-bond acceptors (Lipinski definition) is 6. The number of fused-ring (bicyclic) bond motifs is 4. The first-order valence-electron chi connectivity index (χ1n) is 11.5. The van der Waals surface area contributed by atoms with Gasteiger partial charge in [-0.25, -0.2) is 9.38 Å². The second-order valence-electron chi connectivity index (χ2n) is 8.22. The van der Waals surface area contributed by atoms with Crippen molar-refractivity contribution in [1.29, 1.82) is 0 Å². The van der Waals surface area contributed by atoms with E-state index in [1.54, 1.807) is 23.3 Å². The zero-order chi connectivity index (χ0) is 24.5. The Balaban J connectivity index is 1.19. The summed E-state index contributed by atoms with van der Waals surface area (Å²) in [6, 6.07) is 28.2. The molecule has 0 aliphatic rings. The van der Waals surface area contributed by atoms with Crippen molar-refractivity contribution < 1.29 is 9.47 Å². The van der Waals surface area contributed by atoms with Crippen molar-refractivity contribution in [2.45, 2.75) is 4.90 Å². The maximum Gasteiger partial charge on any atom is 0.274 e. The van der Waals surface area contributed by atoms with E-state index in [9.17, 15) is 4.79 Å². The summed E-state index contributed by atoms with van der Waals surface area (Å²) in [5.74, 6) is 2.13. The zero-order valence-corrected chi connectivity index (χ0v) is 21.1. The molecule has 4 aromatic carbocycles. The Morgan fingerprint density at radius 2 is 1.81 bits per heavy atom. The Kier molecular flexibility index (Phi) is 6.09. The third kappa shape index (κ3) is 4.21. The minimum Gasteiger partial charge on any atom is -0.493 e. The topological polar surface area (TPSA) is 52.8 Å². The van der Waals surface area contributed by atoms with Gasteiger partial charge in [-0.2, -0.15) is 0 Å². The first-order valence-corrected chi connectivity index (χ1v) is 13.3. The van der Waals surface area contributed by atoms with Crippen LogP contribution in [0, 0.1) is 0 Å². The molecular formula is C29H22N2O3S2. The van der Waals surface area contributed by atoms with Crippen LogP contribution in [0.5, 0.6) is 11.5 Å². The molecule has 7 heteroatoms. The molecule has 0 fully saturated rings. The van der Waals surface area contributed by atoms with Crippen molar-refractivity contribution in [3.8, 4) is 11.5 Å². The maximum atomic E-state index is 13.0. The summed E-state index contributed by atoms with van der Waals surface area (Å²) >= 11 is 3.17. The van der Waals surface area contributed by atoms with Gasteiger partial charge in [-0.1, -0.05) is 65.9 Å². The standard InChI is InChI=1S/C29H22N2O3S2/c1-33-25-17-19(18-27-28(32)31-23-11-5-4-10-22(23)30-29(31)36-27)13-14-24(25)34-15-16-35-26-12-6-8-20-7-2-3-9-21(20)26/h2-14,17-18H,15-16H2,1H3/b27-18-. The molecular weight excluding hydrogens is 488 g/mol. The van der Waals surface area contributed by atoms with Gasteiger partial charge in [0.1, 0.15) is 0 Å². The van der Waals surface area contributed by atoms with E-state index in [1.807, 2.05) is 48.5 Å². The second kappa shape index (κ2) is 9.68. The van der Waals surface area contributed by atoms with Gasteiger partial charge in [0.15, 0.2) is 16.5 Å². The number of hydrogen-bond donors (Lipinski definition) is 0. The summed E-state index contributed by atoms with van der Waals surface area (Å²) in [7, 11) is 1.63. The van der Waals surface area contributed by atoms with Crippen molar-refractivity contribution in [1.82, 2.24) is 9.38 Å². The second-order valence-corrected chi connectivity index (χ2v) is 10.4. The van der Waals surface area contributed by atoms with Crippen LogP contribution in [0.3, 0.4) is 0 Å². The van der Waals surface area contributed by atoms with Crippen LogP contribution in [-0.2, 0) is 0 Å². The number of rotatable bonds is 7. The van der Waals surface area contributed by atoms with Gasteiger partial charge in [0.05, 0.1) is 29.3 Å². The normalized spacial score (nSPS) is 12.1. The Labute approximate surface area is 215 Å². The molecule has 36 heavy (non-hydrogen) atoms. The minimum absolute atomic E-state index is 0.0616. The highest BCUT2D eigenvalue weighted by atomic mass is 32.2. The summed E-state index contributed by atoms with van der Waals surface area (Å²) < 4.78 is 13.9. The largest absolute Gasteiger partial charge is 0.493 e. The average Bonchev–Trinajstić information content (AvgIpc) is 3.42. The van der Waals surface area contributed by atoms with Gasteiger partial charge in [-0.15, -0.1) is 11.8 Å². The van der Waals surface area contributed by atoms with Gasteiger partial charge < -0.3 is 9.47 Å². The Bertz CT molecular complexity index is 1820. The number of nitrogens with zero attached hydrogens (tertiary/aromatic N) is 2. The molecule has 0 atom stereocenters. The molecule has 0 aliphatic heterocycles. The van der Waals surface area contributed by atoms with Gasteiger partial charge in [-0.3, -0.25) is 4.79 Å².